The lowest BCUT2D eigenvalue weighted by molar-refractivity contribution is -0.132. The molecule has 1 aromatic carbocycles. The number of halogens is 2. The third-order valence-electron chi connectivity index (χ3n) is 5.72. The summed E-state index contributed by atoms with van der Waals surface area (Å²) >= 11 is 0. The van der Waals surface area contributed by atoms with E-state index in [2.05, 4.69) is 5.32 Å². The fraction of sp³-hybridized carbons (Fsp3) is 0.588. The minimum atomic E-state index is -0.702. The van der Waals surface area contributed by atoms with Crippen LogP contribution in [0.1, 0.15) is 32.1 Å². The van der Waals surface area contributed by atoms with Crippen LogP contribution in [0.2, 0.25) is 0 Å². The van der Waals surface area contributed by atoms with Crippen molar-refractivity contribution in [3.8, 4) is 0 Å². The fourth-order valence-corrected chi connectivity index (χ4v) is 5.16. The zero-order chi connectivity index (χ0) is 14.6. The van der Waals surface area contributed by atoms with Crippen LogP contribution in [0.3, 0.4) is 0 Å². The zero-order valence-electron chi connectivity index (χ0n) is 11.8. The van der Waals surface area contributed by atoms with E-state index in [4.69, 9.17) is 0 Å². The average molecular weight is 291 g/mol. The van der Waals surface area contributed by atoms with E-state index < -0.39 is 11.6 Å². The van der Waals surface area contributed by atoms with Crippen LogP contribution < -0.4 is 5.32 Å². The molecule has 4 aliphatic rings. The highest BCUT2D eigenvalue weighted by atomic mass is 19.1. The van der Waals surface area contributed by atoms with Gasteiger partial charge in [0, 0.05) is 12.0 Å². The molecule has 4 bridgehead atoms. The van der Waals surface area contributed by atoms with Gasteiger partial charge in [-0.2, -0.15) is 0 Å². The molecule has 0 aromatic heterocycles. The summed E-state index contributed by atoms with van der Waals surface area (Å²) in [4.78, 5) is 12.6. The first-order chi connectivity index (χ1) is 10.1. The molecular weight excluding hydrogens is 272 g/mol. The van der Waals surface area contributed by atoms with Crippen molar-refractivity contribution in [3.05, 3.63) is 29.8 Å². The third-order valence-corrected chi connectivity index (χ3v) is 5.72. The van der Waals surface area contributed by atoms with Gasteiger partial charge in [-0.15, -0.1) is 0 Å². The molecule has 2 nitrogen and oxygen atoms in total. The van der Waals surface area contributed by atoms with Gasteiger partial charge in [0.25, 0.3) is 0 Å². The number of rotatable bonds is 2. The fourth-order valence-electron chi connectivity index (χ4n) is 5.16. The number of benzene rings is 1. The first kappa shape index (κ1) is 13.2. The number of hydrogen-bond acceptors (Lipinski definition) is 1. The molecule has 4 heteroatoms. The van der Waals surface area contributed by atoms with Gasteiger partial charge in [-0.05, 0) is 67.9 Å². The molecule has 4 aliphatic carbocycles. The number of nitrogens with one attached hydrogen (secondary N) is 1. The van der Waals surface area contributed by atoms with E-state index in [-0.39, 0.29) is 17.5 Å². The van der Waals surface area contributed by atoms with Crippen LogP contribution in [0.4, 0.5) is 14.5 Å². The number of amides is 1. The monoisotopic (exact) mass is 291 g/mol. The maximum absolute atomic E-state index is 13.7. The van der Waals surface area contributed by atoms with Crippen molar-refractivity contribution in [1.82, 2.24) is 0 Å². The first-order valence-electron chi connectivity index (χ1n) is 7.86. The summed E-state index contributed by atoms with van der Waals surface area (Å²) in [6.07, 6.45) is 5.94. The molecule has 21 heavy (non-hydrogen) atoms. The minimum absolute atomic E-state index is 0.0160. The van der Waals surface area contributed by atoms with Crippen molar-refractivity contribution >= 4 is 11.6 Å². The van der Waals surface area contributed by atoms with Gasteiger partial charge in [0.2, 0.25) is 5.91 Å². The summed E-state index contributed by atoms with van der Waals surface area (Å²) in [5.41, 5.74) is 0.0928. The van der Waals surface area contributed by atoms with Gasteiger partial charge in [0.15, 0.2) is 0 Å². The molecule has 5 rings (SSSR count). The Hall–Kier alpha value is -1.45. The summed E-state index contributed by atoms with van der Waals surface area (Å²) in [5, 5.41) is 2.68. The summed E-state index contributed by atoms with van der Waals surface area (Å²) in [6, 6.07) is 3.29. The maximum Gasteiger partial charge on any atom is 0.228 e. The van der Waals surface area contributed by atoms with E-state index in [1.165, 1.54) is 18.6 Å². The highest BCUT2D eigenvalue weighted by Crippen LogP contribution is 2.56. The van der Waals surface area contributed by atoms with E-state index in [0.29, 0.717) is 11.8 Å². The third kappa shape index (κ3) is 2.25. The van der Waals surface area contributed by atoms with Crippen LogP contribution in [0.5, 0.6) is 0 Å². The number of anilines is 1. The SMILES string of the molecule is O=C(Nc1ccc(F)cc1F)C1C2CC3CC(C2)CC1C3. The number of carbonyl (C=O) groups is 1. The van der Waals surface area contributed by atoms with E-state index in [9.17, 15) is 13.6 Å². The topological polar surface area (TPSA) is 29.1 Å². The Morgan fingerprint density at radius 3 is 2.19 bits per heavy atom. The normalized spacial score (nSPS) is 36.8. The Morgan fingerprint density at radius 2 is 1.62 bits per heavy atom. The maximum atomic E-state index is 13.7. The Balaban J connectivity index is 1.52. The summed E-state index contributed by atoms with van der Waals surface area (Å²) in [6.45, 7) is 0. The van der Waals surface area contributed by atoms with Crippen molar-refractivity contribution in [1.29, 1.82) is 0 Å². The van der Waals surface area contributed by atoms with Crippen molar-refractivity contribution in [2.45, 2.75) is 32.1 Å². The quantitative estimate of drug-likeness (QED) is 0.877. The predicted octanol–water partition coefficient (Wildman–Crippen LogP) is 3.98. The summed E-state index contributed by atoms with van der Waals surface area (Å²) < 4.78 is 26.6. The van der Waals surface area contributed by atoms with Crippen LogP contribution in [-0.4, -0.2) is 5.91 Å². The lowest BCUT2D eigenvalue weighted by Gasteiger charge is -2.53. The highest BCUT2D eigenvalue weighted by Gasteiger charge is 2.50. The average Bonchev–Trinajstić information content (AvgIpc) is 2.40. The molecular formula is C17H19F2NO. The van der Waals surface area contributed by atoms with Crippen LogP contribution >= 0.6 is 0 Å². The second kappa shape index (κ2) is 4.79. The first-order valence-corrected chi connectivity index (χ1v) is 7.86. The van der Waals surface area contributed by atoms with Gasteiger partial charge in [0.1, 0.15) is 11.6 Å². The van der Waals surface area contributed by atoms with Gasteiger partial charge in [-0.3, -0.25) is 4.79 Å². The lowest BCUT2D eigenvalue weighted by atomic mass is 9.51. The van der Waals surface area contributed by atoms with E-state index >= 15 is 0 Å². The zero-order valence-corrected chi connectivity index (χ0v) is 11.8. The second-order valence-corrected chi connectivity index (χ2v) is 7.07. The van der Waals surface area contributed by atoms with E-state index in [1.54, 1.807) is 0 Å². The standard InChI is InChI=1S/C17H19F2NO/c18-13-1-2-15(14(19)8-13)20-17(21)16-11-4-9-3-10(6-11)7-12(16)5-9/h1-2,8-12,16H,3-7H2,(H,20,21). The molecule has 1 amide bonds. The molecule has 4 fully saturated rings. The second-order valence-electron chi connectivity index (χ2n) is 7.07. The number of hydrogen-bond donors (Lipinski definition) is 1. The van der Waals surface area contributed by atoms with Crippen molar-refractivity contribution < 1.29 is 13.6 Å². The van der Waals surface area contributed by atoms with Crippen LogP contribution in [0.25, 0.3) is 0 Å². The van der Waals surface area contributed by atoms with Gasteiger partial charge >= 0.3 is 0 Å². The van der Waals surface area contributed by atoms with Gasteiger partial charge in [-0.1, -0.05) is 0 Å². The van der Waals surface area contributed by atoms with Crippen molar-refractivity contribution in [2.24, 2.45) is 29.6 Å². The molecule has 1 N–H and O–H groups in total. The Bertz CT molecular complexity index is 558. The Kier molecular flexibility index (Phi) is 3.02. The largest absolute Gasteiger partial charge is 0.323 e. The smallest absolute Gasteiger partial charge is 0.228 e. The van der Waals surface area contributed by atoms with E-state index in [0.717, 1.165) is 43.6 Å². The molecule has 0 aliphatic heterocycles. The number of carbonyl (C=O) groups excluding carboxylic acids is 1. The van der Waals surface area contributed by atoms with E-state index in [1.807, 2.05) is 0 Å². The molecule has 0 radical (unpaired) electrons. The van der Waals surface area contributed by atoms with Crippen LogP contribution in [0, 0.1) is 41.2 Å². The summed E-state index contributed by atoms with van der Waals surface area (Å²) in [7, 11) is 0. The molecule has 0 saturated heterocycles. The molecule has 0 atom stereocenters. The lowest BCUT2D eigenvalue weighted by Crippen LogP contribution is -2.49. The highest BCUT2D eigenvalue weighted by molar-refractivity contribution is 5.93. The molecule has 0 spiro atoms. The molecule has 0 unspecified atom stereocenters. The summed E-state index contributed by atoms with van der Waals surface area (Å²) in [5.74, 6) is 1.15. The molecule has 0 heterocycles. The van der Waals surface area contributed by atoms with Crippen LogP contribution in [-0.2, 0) is 4.79 Å². The van der Waals surface area contributed by atoms with Gasteiger partial charge in [-0.25, -0.2) is 8.78 Å². The molecule has 1 aromatic rings. The predicted molar refractivity (Wildman–Crippen MR) is 75.5 cm³/mol. The van der Waals surface area contributed by atoms with Gasteiger partial charge < -0.3 is 5.32 Å². The van der Waals surface area contributed by atoms with Crippen LogP contribution in [0.15, 0.2) is 18.2 Å². The molecule has 4 saturated carbocycles. The minimum Gasteiger partial charge on any atom is -0.323 e. The Morgan fingerprint density at radius 1 is 1.00 bits per heavy atom. The van der Waals surface area contributed by atoms with Crippen molar-refractivity contribution in [2.75, 3.05) is 5.32 Å². The van der Waals surface area contributed by atoms with Crippen molar-refractivity contribution in [3.63, 3.8) is 0 Å². The van der Waals surface area contributed by atoms with Gasteiger partial charge in [0.05, 0.1) is 5.69 Å². The molecule has 112 valence electrons. The Labute approximate surface area is 122 Å².